The molecule has 0 spiro atoms. The molecule has 0 bridgehead atoms. The highest BCUT2D eigenvalue weighted by Gasteiger charge is 2.29. The lowest BCUT2D eigenvalue weighted by Gasteiger charge is -2.25. The fourth-order valence-corrected chi connectivity index (χ4v) is 3.13. The molecule has 23 heavy (non-hydrogen) atoms. The number of aromatic nitrogens is 2. The van der Waals surface area contributed by atoms with Crippen molar-refractivity contribution in [1.29, 1.82) is 0 Å². The minimum atomic E-state index is -0.157. The van der Waals surface area contributed by atoms with Gasteiger partial charge in [-0.2, -0.15) is 5.10 Å². The summed E-state index contributed by atoms with van der Waals surface area (Å²) in [6.07, 6.45) is 2.84. The Balaban J connectivity index is 1.67. The van der Waals surface area contributed by atoms with Crippen LogP contribution in [0.4, 0.5) is 10.2 Å². The standard InChI is InChI=1S/C17H21FN4O/c1-12(15-5-3-4-6-16(15)18)21-9-7-14(11-21)22-10-8-17(20-22)19-13(2)23/h3-6,8,10,12,14H,7,9,11H2,1-2H3,(H,19,20,23). The first kappa shape index (κ1) is 15.7. The smallest absolute Gasteiger partial charge is 0.222 e. The van der Waals surface area contributed by atoms with E-state index in [0.29, 0.717) is 5.82 Å². The maximum absolute atomic E-state index is 14.0. The average molecular weight is 316 g/mol. The third-order valence-electron chi connectivity index (χ3n) is 4.38. The van der Waals surface area contributed by atoms with Crippen molar-refractivity contribution in [1.82, 2.24) is 14.7 Å². The highest BCUT2D eigenvalue weighted by molar-refractivity contribution is 5.87. The van der Waals surface area contributed by atoms with Crippen LogP contribution in [-0.4, -0.2) is 33.7 Å². The molecule has 2 heterocycles. The monoisotopic (exact) mass is 316 g/mol. The lowest BCUT2D eigenvalue weighted by molar-refractivity contribution is -0.114. The highest BCUT2D eigenvalue weighted by atomic mass is 19.1. The number of nitrogens with one attached hydrogen (secondary N) is 1. The summed E-state index contributed by atoms with van der Waals surface area (Å²) in [4.78, 5) is 13.3. The first-order chi connectivity index (χ1) is 11.0. The number of anilines is 1. The molecule has 1 aliphatic rings. The second-order valence-corrected chi connectivity index (χ2v) is 6.00. The molecule has 1 amide bonds. The van der Waals surface area contributed by atoms with Gasteiger partial charge in [0, 0.05) is 43.9 Å². The van der Waals surface area contributed by atoms with Crippen LogP contribution in [0.3, 0.4) is 0 Å². The molecule has 2 aromatic rings. The molecule has 6 heteroatoms. The maximum Gasteiger partial charge on any atom is 0.222 e. The van der Waals surface area contributed by atoms with Crippen molar-refractivity contribution >= 4 is 11.7 Å². The highest BCUT2D eigenvalue weighted by Crippen LogP contribution is 2.30. The van der Waals surface area contributed by atoms with E-state index in [1.54, 1.807) is 12.1 Å². The van der Waals surface area contributed by atoms with E-state index in [0.717, 1.165) is 25.1 Å². The topological polar surface area (TPSA) is 50.2 Å². The minimum absolute atomic E-state index is 0.0339. The van der Waals surface area contributed by atoms with Crippen molar-refractivity contribution in [3.8, 4) is 0 Å². The van der Waals surface area contributed by atoms with Crippen LogP contribution in [0.5, 0.6) is 0 Å². The van der Waals surface area contributed by atoms with E-state index < -0.39 is 0 Å². The number of nitrogens with zero attached hydrogens (tertiary/aromatic N) is 3. The van der Waals surface area contributed by atoms with Crippen LogP contribution < -0.4 is 5.32 Å². The molecule has 1 aromatic heterocycles. The molecule has 5 nitrogen and oxygen atoms in total. The summed E-state index contributed by atoms with van der Waals surface area (Å²) in [6.45, 7) is 5.21. The fourth-order valence-electron chi connectivity index (χ4n) is 3.13. The predicted molar refractivity (Wildman–Crippen MR) is 86.6 cm³/mol. The van der Waals surface area contributed by atoms with Crippen molar-refractivity contribution in [3.05, 3.63) is 47.9 Å². The van der Waals surface area contributed by atoms with Gasteiger partial charge in [0.25, 0.3) is 0 Å². The number of likely N-dealkylation sites (tertiary alicyclic amines) is 1. The number of benzene rings is 1. The van der Waals surface area contributed by atoms with E-state index in [-0.39, 0.29) is 23.8 Å². The second-order valence-electron chi connectivity index (χ2n) is 6.00. The van der Waals surface area contributed by atoms with Crippen LogP contribution >= 0.6 is 0 Å². The van der Waals surface area contributed by atoms with Crippen LogP contribution in [0.1, 0.15) is 37.9 Å². The molecule has 3 rings (SSSR count). The summed E-state index contributed by atoms with van der Waals surface area (Å²) in [6, 6.07) is 9.01. The number of hydrogen-bond donors (Lipinski definition) is 1. The van der Waals surface area contributed by atoms with Crippen LogP contribution in [-0.2, 0) is 4.79 Å². The zero-order valence-electron chi connectivity index (χ0n) is 13.4. The third-order valence-corrected chi connectivity index (χ3v) is 4.38. The molecule has 1 saturated heterocycles. The van der Waals surface area contributed by atoms with Crippen LogP contribution in [0.2, 0.25) is 0 Å². The molecule has 2 unspecified atom stereocenters. The lowest BCUT2D eigenvalue weighted by Crippen LogP contribution is -2.26. The Morgan fingerprint density at radius 3 is 2.91 bits per heavy atom. The van der Waals surface area contributed by atoms with Crippen molar-refractivity contribution in [2.24, 2.45) is 0 Å². The Kier molecular flexibility index (Phi) is 4.43. The van der Waals surface area contributed by atoms with Gasteiger partial charge in [0.2, 0.25) is 5.91 Å². The third kappa shape index (κ3) is 3.42. The number of hydrogen-bond acceptors (Lipinski definition) is 3. The summed E-state index contributed by atoms with van der Waals surface area (Å²) in [5, 5.41) is 7.08. The number of carbonyl (C=O) groups is 1. The molecule has 1 aliphatic heterocycles. The molecule has 0 saturated carbocycles. The SMILES string of the molecule is CC(=O)Nc1ccn(C2CCN(C(C)c3ccccc3F)C2)n1. The van der Waals surface area contributed by atoms with Gasteiger partial charge in [0.15, 0.2) is 5.82 Å². The van der Waals surface area contributed by atoms with Gasteiger partial charge < -0.3 is 5.32 Å². The van der Waals surface area contributed by atoms with Gasteiger partial charge >= 0.3 is 0 Å². The molecule has 122 valence electrons. The van der Waals surface area contributed by atoms with E-state index in [9.17, 15) is 9.18 Å². The van der Waals surface area contributed by atoms with Gasteiger partial charge in [0.1, 0.15) is 5.82 Å². The molecule has 1 fully saturated rings. The first-order valence-electron chi connectivity index (χ1n) is 7.86. The summed E-state index contributed by atoms with van der Waals surface area (Å²) in [5.41, 5.74) is 0.729. The summed E-state index contributed by atoms with van der Waals surface area (Å²) < 4.78 is 15.8. The largest absolute Gasteiger partial charge is 0.309 e. The Bertz CT molecular complexity index is 699. The Hall–Kier alpha value is -2.21. The van der Waals surface area contributed by atoms with Gasteiger partial charge in [-0.25, -0.2) is 4.39 Å². The minimum Gasteiger partial charge on any atom is -0.309 e. The summed E-state index contributed by atoms with van der Waals surface area (Å²) in [7, 11) is 0. The van der Waals surface area contributed by atoms with E-state index in [1.807, 2.05) is 29.9 Å². The molecule has 0 radical (unpaired) electrons. The van der Waals surface area contributed by atoms with Gasteiger partial charge in [0.05, 0.1) is 6.04 Å². The summed E-state index contributed by atoms with van der Waals surface area (Å²) in [5.74, 6) is 0.282. The Morgan fingerprint density at radius 1 is 1.39 bits per heavy atom. The van der Waals surface area contributed by atoms with E-state index in [1.165, 1.54) is 13.0 Å². The maximum atomic E-state index is 14.0. The number of amides is 1. The quantitative estimate of drug-likeness (QED) is 0.943. The first-order valence-corrected chi connectivity index (χ1v) is 7.86. The van der Waals surface area contributed by atoms with Gasteiger partial charge in [-0.15, -0.1) is 0 Å². The van der Waals surface area contributed by atoms with Gasteiger partial charge in [-0.3, -0.25) is 14.4 Å². The van der Waals surface area contributed by atoms with E-state index >= 15 is 0 Å². The number of halogens is 1. The predicted octanol–water partition coefficient (Wildman–Crippen LogP) is 2.99. The Morgan fingerprint density at radius 2 is 2.17 bits per heavy atom. The molecular formula is C17H21FN4O. The molecule has 0 aliphatic carbocycles. The van der Waals surface area contributed by atoms with Crippen LogP contribution in [0.15, 0.2) is 36.5 Å². The molecule has 1 aromatic carbocycles. The van der Waals surface area contributed by atoms with Crippen molar-refractivity contribution < 1.29 is 9.18 Å². The van der Waals surface area contributed by atoms with Crippen molar-refractivity contribution in [3.63, 3.8) is 0 Å². The van der Waals surface area contributed by atoms with Crippen molar-refractivity contribution in [2.45, 2.75) is 32.4 Å². The number of carbonyl (C=O) groups excluding carboxylic acids is 1. The lowest BCUT2D eigenvalue weighted by atomic mass is 10.1. The molecule has 1 N–H and O–H groups in total. The van der Waals surface area contributed by atoms with Gasteiger partial charge in [-0.1, -0.05) is 18.2 Å². The van der Waals surface area contributed by atoms with Crippen molar-refractivity contribution in [2.75, 3.05) is 18.4 Å². The second kappa shape index (κ2) is 6.50. The van der Waals surface area contributed by atoms with Crippen LogP contribution in [0, 0.1) is 5.82 Å². The fraction of sp³-hybridized carbons (Fsp3) is 0.412. The molecule has 2 atom stereocenters. The molecular weight excluding hydrogens is 295 g/mol. The average Bonchev–Trinajstić information content (AvgIpc) is 3.15. The van der Waals surface area contributed by atoms with Crippen LogP contribution in [0.25, 0.3) is 0 Å². The number of rotatable bonds is 4. The van der Waals surface area contributed by atoms with E-state index in [4.69, 9.17) is 0 Å². The normalized spacial score (nSPS) is 19.7. The van der Waals surface area contributed by atoms with Gasteiger partial charge in [-0.05, 0) is 19.4 Å². The zero-order chi connectivity index (χ0) is 16.4. The summed E-state index contributed by atoms with van der Waals surface area (Å²) >= 11 is 0. The Labute approximate surface area is 135 Å². The zero-order valence-corrected chi connectivity index (χ0v) is 13.4. The van der Waals surface area contributed by atoms with E-state index in [2.05, 4.69) is 15.3 Å².